The Morgan fingerprint density at radius 1 is 0.895 bits per heavy atom. The second-order valence-corrected chi connectivity index (χ2v) is 13.5. The smallest absolute Gasteiger partial charge is 0.361 e. The molecule has 0 bridgehead atoms. The van der Waals surface area contributed by atoms with Crippen LogP contribution < -0.4 is 0 Å². The number of sulfone groups is 2. The molecule has 0 amide bonds. The van der Waals surface area contributed by atoms with Crippen molar-refractivity contribution in [3.63, 3.8) is 0 Å². The minimum absolute atomic E-state index is 0.0795. The second kappa shape index (κ2) is 10.2. The van der Waals surface area contributed by atoms with Crippen LogP contribution in [0.25, 0.3) is 21.8 Å². The van der Waals surface area contributed by atoms with Crippen LogP contribution in [0.5, 0.6) is 0 Å². The highest BCUT2D eigenvalue weighted by Crippen LogP contribution is 2.33. The molecule has 2 aromatic carbocycles. The molecule has 200 valence electrons. The Balaban J connectivity index is 0.000000216. The van der Waals surface area contributed by atoms with Crippen LogP contribution in [0.1, 0.15) is 11.3 Å². The number of nitrogens with one attached hydrogen (secondary N) is 1. The van der Waals surface area contributed by atoms with Gasteiger partial charge in [-0.15, -0.1) is 0 Å². The molecule has 0 spiro atoms. The molecule has 0 radical (unpaired) electrons. The molecule has 3 aromatic heterocycles. The number of rotatable bonds is 4. The quantitative estimate of drug-likeness (QED) is 0.270. The van der Waals surface area contributed by atoms with Crippen LogP contribution in [-0.2, 0) is 32.4 Å². The molecule has 13 heteroatoms. The van der Waals surface area contributed by atoms with Gasteiger partial charge in [-0.3, -0.25) is 4.98 Å². The van der Waals surface area contributed by atoms with Crippen molar-refractivity contribution in [2.45, 2.75) is 22.5 Å². The topological polar surface area (TPSA) is 102 Å². The van der Waals surface area contributed by atoms with Gasteiger partial charge in [0.1, 0.15) is 0 Å². The molecule has 0 unspecified atom stereocenters. The number of aromatic amines is 1. The van der Waals surface area contributed by atoms with Crippen molar-refractivity contribution in [2.24, 2.45) is 0 Å². The third kappa shape index (κ3) is 6.27. The molecule has 0 fully saturated rings. The largest absolute Gasteiger partial charge is 0.418 e. The molecule has 0 aliphatic carbocycles. The van der Waals surface area contributed by atoms with Gasteiger partial charge >= 0.3 is 6.18 Å². The number of hydrogen-bond acceptors (Lipinski definition) is 5. The maximum absolute atomic E-state index is 13.2. The molecular formula is C25H21BrF3N3O4S2. The van der Waals surface area contributed by atoms with Gasteiger partial charge < -0.3 is 9.55 Å². The van der Waals surface area contributed by atoms with E-state index in [0.29, 0.717) is 15.8 Å². The average Bonchev–Trinajstić information content (AvgIpc) is 3.45. The van der Waals surface area contributed by atoms with Gasteiger partial charge in [0.2, 0.25) is 0 Å². The summed E-state index contributed by atoms with van der Waals surface area (Å²) < 4.78 is 87.1. The van der Waals surface area contributed by atoms with Crippen LogP contribution in [0, 0.1) is 0 Å². The van der Waals surface area contributed by atoms with E-state index in [1.165, 1.54) is 24.6 Å². The summed E-state index contributed by atoms with van der Waals surface area (Å²) in [6, 6.07) is 14.1. The molecule has 0 aliphatic rings. The van der Waals surface area contributed by atoms with E-state index >= 15 is 0 Å². The fourth-order valence-electron chi connectivity index (χ4n) is 3.81. The zero-order valence-corrected chi connectivity index (χ0v) is 23.2. The SMILES string of the molecule is CS(=O)(=O)c1ccc2[nH]ccc2c1.CS(=O)(=O)c1ccc2c(ccn2Cc2ncc(Br)cc2C(F)(F)F)c1. The number of nitrogens with zero attached hydrogens (tertiary/aromatic N) is 2. The monoisotopic (exact) mass is 627 g/mol. The molecule has 7 nitrogen and oxygen atoms in total. The highest BCUT2D eigenvalue weighted by molar-refractivity contribution is 9.10. The van der Waals surface area contributed by atoms with Gasteiger partial charge in [0, 0.05) is 57.4 Å². The lowest BCUT2D eigenvalue weighted by molar-refractivity contribution is -0.138. The van der Waals surface area contributed by atoms with Gasteiger partial charge in [0.05, 0.1) is 27.6 Å². The fraction of sp³-hybridized carbons (Fsp3) is 0.160. The summed E-state index contributed by atoms with van der Waals surface area (Å²) in [5.41, 5.74) is 0.662. The summed E-state index contributed by atoms with van der Waals surface area (Å²) in [5, 5.41) is 1.55. The minimum atomic E-state index is -4.52. The van der Waals surface area contributed by atoms with Crippen LogP contribution >= 0.6 is 15.9 Å². The summed E-state index contributed by atoms with van der Waals surface area (Å²) in [4.78, 5) is 7.43. The summed E-state index contributed by atoms with van der Waals surface area (Å²) in [5.74, 6) is 0. The number of pyridine rings is 1. The molecular weight excluding hydrogens is 607 g/mol. The van der Waals surface area contributed by atoms with Crippen molar-refractivity contribution < 1.29 is 30.0 Å². The standard InChI is InChI=1S/C16H12BrF3N2O2S.C9H9NO2S/c1-25(23,24)12-2-3-15-10(6-12)4-5-22(15)9-14-13(16(18,19)20)7-11(17)8-21-14;1-13(11,12)8-2-3-9-7(6-8)4-5-10-9/h2-8H,9H2,1H3;2-6,10H,1H3. The number of benzene rings is 2. The number of H-pyrrole nitrogens is 1. The Bertz CT molecular complexity index is 1860. The van der Waals surface area contributed by atoms with E-state index in [0.717, 1.165) is 23.2 Å². The van der Waals surface area contributed by atoms with Crippen LogP contribution in [0.4, 0.5) is 13.2 Å². The highest BCUT2D eigenvalue weighted by atomic mass is 79.9. The summed E-state index contributed by atoms with van der Waals surface area (Å²) in [7, 11) is -6.44. The van der Waals surface area contributed by atoms with Gasteiger partial charge in [-0.05, 0) is 70.5 Å². The number of halogens is 4. The zero-order chi connectivity index (χ0) is 27.9. The maximum atomic E-state index is 13.2. The maximum Gasteiger partial charge on any atom is 0.418 e. The first kappa shape index (κ1) is 27.9. The minimum Gasteiger partial charge on any atom is -0.361 e. The van der Waals surface area contributed by atoms with Gasteiger partial charge in [-0.25, -0.2) is 16.8 Å². The van der Waals surface area contributed by atoms with E-state index < -0.39 is 31.4 Å². The zero-order valence-electron chi connectivity index (χ0n) is 20.0. The van der Waals surface area contributed by atoms with E-state index in [2.05, 4.69) is 25.9 Å². The third-order valence-electron chi connectivity index (χ3n) is 5.69. The number of alkyl halides is 3. The molecule has 5 aromatic rings. The van der Waals surface area contributed by atoms with Crippen LogP contribution in [0.15, 0.2) is 87.5 Å². The summed E-state index contributed by atoms with van der Waals surface area (Å²) in [6.07, 6.45) is 2.52. The normalized spacial score (nSPS) is 12.5. The van der Waals surface area contributed by atoms with Gasteiger partial charge in [0.15, 0.2) is 19.7 Å². The number of hydrogen-bond donors (Lipinski definition) is 1. The molecule has 0 saturated carbocycles. The van der Waals surface area contributed by atoms with Crippen LogP contribution in [0.2, 0.25) is 0 Å². The van der Waals surface area contributed by atoms with E-state index in [9.17, 15) is 30.0 Å². The van der Waals surface area contributed by atoms with E-state index in [1.54, 1.807) is 47.3 Å². The first-order valence-corrected chi connectivity index (χ1v) is 15.5. The van der Waals surface area contributed by atoms with E-state index in [4.69, 9.17) is 0 Å². The third-order valence-corrected chi connectivity index (χ3v) is 8.34. The molecule has 38 heavy (non-hydrogen) atoms. The number of fused-ring (bicyclic) bond motifs is 2. The lowest BCUT2D eigenvalue weighted by Gasteiger charge is -2.13. The first-order valence-electron chi connectivity index (χ1n) is 10.9. The molecule has 0 atom stereocenters. The van der Waals surface area contributed by atoms with Crippen molar-refractivity contribution in [1.29, 1.82) is 0 Å². The lowest BCUT2D eigenvalue weighted by Crippen LogP contribution is -2.13. The lowest BCUT2D eigenvalue weighted by atomic mass is 10.2. The van der Waals surface area contributed by atoms with Crippen LogP contribution in [-0.4, -0.2) is 43.9 Å². The van der Waals surface area contributed by atoms with Gasteiger partial charge in [-0.2, -0.15) is 13.2 Å². The Hall–Kier alpha value is -3.16. The van der Waals surface area contributed by atoms with Crippen LogP contribution in [0.3, 0.4) is 0 Å². The van der Waals surface area contributed by atoms with Crippen molar-refractivity contribution in [3.05, 3.63) is 88.9 Å². The molecule has 5 rings (SSSR count). The average molecular weight is 628 g/mol. The Morgan fingerprint density at radius 2 is 1.53 bits per heavy atom. The Labute approximate surface area is 225 Å². The van der Waals surface area contributed by atoms with Crippen molar-refractivity contribution in [2.75, 3.05) is 12.5 Å². The van der Waals surface area contributed by atoms with Gasteiger partial charge in [-0.1, -0.05) is 0 Å². The molecule has 0 aliphatic heterocycles. The van der Waals surface area contributed by atoms with Crippen molar-refractivity contribution in [3.8, 4) is 0 Å². The first-order chi connectivity index (χ1) is 17.6. The Morgan fingerprint density at radius 3 is 2.16 bits per heavy atom. The summed E-state index contributed by atoms with van der Waals surface area (Å²) >= 11 is 3.01. The van der Waals surface area contributed by atoms with E-state index in [1.807, 2.05) is 6.07 Å². The molecule has 0 saturated heterocycles. The number of aromatic nitrogens is 3. The molecule has 1 N–H and O–H groups in total. The molecule has 3 heterocycles. The fourth-order valence-corrected chi connectivity index (χ4v) is 5.45. The Kier molecular flexibility index (Phi) is 7.47. The predicted molar refractivity (Wildman–Crippen MR) is 142 cm³/mol. The highest BCUT2D eigenvalue weighted by Gasteiger charge is 2.34. The van der Waals surface area contributed by atoms with Crippen molar-refractivity contribution >= 4 is 57.4 Å². The summed E-state index contributed by atoms with van der Waals surface area (Å²) in [6.45, 7) is -0.0795. The second-order valence-electron chi connectivity index (χ2n) is 8.58. The van der Waals surface area contributed by atoms with Gasteiger partial charge in [0.25, 0.3) is 0 Å². The van der Waals surface area contributed by atoms with Crippen molar-refractivity contribution in [1.82, 2.24) is 14.5 Å². The van der Waals surface area contributed by atoms with E-state index in [-0.39, 0.29) is 21.6 Å². The predicted octanol–water partition coefficient (Wildman–Crippen LogP) is 5.84.